The molecule has 2 amide bonds. The fourth-order valence-electron chi connectivity index (χ4n) is 3.91. The van der Waals surface area contributed by atoms with Crippen molar-refractivity contribution in [2.75, 3.05) is 5.32 Å². The zero-order valence-corrected chi connectivity index (χ0v) is 18.0. The summed E-state index contributed by atoms with van der Waals surface area (Å²) in [6.07, 6.45) is 7.45. The van der Waals surface area contributed by atoms with Crippen molar-refractivity contribution in [3.63, 3.8) is 0 Å². The van der Waals surface area contributed by atoms with Gasteiger partial charge in [-0.15, -0.1) is 0 Å². The van der Waals surface area contributed by atoms with Crippen LogP contribution >= 0.6 is 0 Å². The topological polar surface area (TPSA) is 84.0 Å². The van der Waals surface area contributed by atoms with Crippen molar-refractivity contribution < 1.29 is 9.59 Å². The van der Waals surface area contributed by atoms with Crippen molar-refractivity contribution in [1.29, 1.82) is 0 Å². The summed E-state index contributed by atoms with van der Waals surface area (Å²) in [5.74, 6) is -0.341. The van der Waals surface area contributed by atoms with Gasteiger partial charge in [0.05, 0.1) is 36.9 Å². The first-order valence-corrected chi connectivity index (χ1v) is 10.6. The predicted octanol–water partition coefficient (Wildman–Crippen LogP) is 3.78. The zero-order chi connectivity index (χ0) is 22.8. The fourth-order valence-corrected chi connectivity index (χ4v) is 3.91. The van der Waals surface area contributed by atoms with E-state index in [9.17, 15) is 9.59 Å². The molecule has 5 aromatic rings. The first-order valence-electron chi connectivity index (χ1n) is 10.6. The summed E-state index contributed by atoms with van der Waals surface area (Å²) in [4.78, 5) is 35.8. The second-order valence-corrected chi connectivity index (χ2v) is 7.78. The largest absolute Gasteiger partial charge is 0.327 e. The third kappa shape index (κ3) is 4.18. The molecule has 4 heterocycles. The summed E-state index contributed by atoms with van der Waals surface area (Å²) >= 11 is 0. The van der Waals surface area contributed by atoms with Gasteiger partial charge in [0.15, 0.2) is 0 Å². The van der Waals surface area contributed by atoms with E-state index in [1.807, 2.05) is 57.6 Å². The quantitative estimate of drug-likeness (QED) is 0.437. The Morgan fingerprint density at radius 3 is 2.03 bits per heavy atom. The minimum absolute atomic E-state index is 0.154. The molecule has 8 nitrogen and oxygen atoms in total. The van der Waals surface area contributed by atoms with Crippen LogP contribution in [0.5, 0.6) is 0 Å². The van der Waals surface area contributed by atoms with Crippen LogP contribution < -0.4 is 5.32 Å². The van der Waals surface area contributed by atoms with E-state index < -0.39 is 0 Å². The van der Waals surface area contributed by atoms with Crippen molar-refractivity contribution in [3.05, 3.63) is 102 Å². The number of aromatic nitrogens is 4. The van der Waals surface area contributed by atoms with E-state index >= 15 is 0 Å². The van der Waals surface area contributed by atoms with Crippen LogP contribution in [0.2, 0.25) is 0 Å². The molecule has 4 aromatic heterocycles. The van der Waals surface area contributed by atoms with E-state index in [1.54, 1.807) is 41.6 Å². The second-order valence-electron chi connectivity index (χ2n) is 7.78. The second kappa shape index (κ2) is 8.58. The van der Waals surface area contributed by atoms with Gasteiger partial charge in [0.25, 0.3) is 5.91 Å². The summed E-state index contributed by atoms with van der Waals surface area (Å²) in [5.41, 5.74) is 4.50. The highest BCUT2D eigenvalue weighted by molar-refractivity contribution is 5.96. The normalized spacial score (nSPS) is 11.1. The summed E-state index contributed by atoms with van der Waals surface area (Å²) in [5, 5.41) is 2.74. The van der Waals surface area contributed by atoms with E-state index in [0.29, 0.717) is 24.3 Å². The molecule has 1 aromatic carbocycles. The molecular formula is C25H22N6O2. The average molecular weight is 438 g/mol. The molecule has 33 heavy (non-hydrogen) atoms. The monoisotopic (exact) mass is 438 g/mol. The molecule has 164 valence electrons. The zero-order valence-electron chi connectivity index (χ0n) is 18.0. The third-order valence-corrected chi connectivity index (χ3v) is 5.41. The van der Waals surface area contributed by atoms with E-state index in [2.05, 4.69) is 15.3 Å². The first-order chi connectivity index (χ1) is 16.1. The number of benzene rings is 1. The predicted molar refractivity (Wildman–Crippen MR) is 125 cm³/mol. The molecule has 0 radical (unpaired) electrons. The Balaban J connectivity index is 1.51. The van der Waals surface area contributed by atoms with Crippen LogP contribution in [0.3, 0.4) is 0 Å². The number of nitrogens with zero attached hydrogens (tertiary/aromatic N) is 5. The Labute approximate surface area is 190 Å². The number of carbonyl (C=O) groups excluding carboxylic acids is 2. The van der Waals surface area contributed by atoms with Gasteiger partial charge in [0, 0.05) is 30.6 Å². The molecule has 5 rings (SSSR count). The molecule has 0 fully saturated rings. The summed E-state index contributed by atoms with van der Waals surface area (Å²) in [6.45, 7) is 2.15. The van der Waals surface area contributed by atoms with Gasteiger partial charge in [-0.2, -0.15) is 0 Å². The Bertz CT molecular complexity index is 1390. The van der Waals surface area contributed by atoms with Crippen molar-refractivity contribution in [3.8, 4) is 0 Å². The van der Waals surface area contributed by atoms with Gasteiger partial charge in [-0.1, -0.05) is 18.2 Å². The molecule has 0 unspecified atom stereocenters. The summed E-state index contributed by atoms with van der Waals surface area (Å²) in [6, 6.07) is 18.6. The maximum atomic E-state index is 13.7. The third-order valence-electron chi connectivity index (χ3n) is 5.41. The molecular weight excluding hydrogens is 416 g/mol. The van der Waals surface area contributed by atoms with Crippen LogP contribution in [0, 0.1) is 0 Å². The van der Waals surface area contributed by atoms with Crippen LogP contribution in [0.25, 0.3) is 11.3 Å². The molecule has 1 N–H and O–H groups in total. The van der Waals surface area contributed by atoms with Crippen molar-refractivity contribution >= 4 is 28.8 Å². The lowest BCUT2D eigenvalue weighted by molar-refractivity contribution is -0.114. The smallest absolute Gasteiger partial charge is 0.254 e. The van der Waals surface area contributed by atoms with E-state index in [0.717, 1.165) is 22.7 Å². The number of fused-ring (bicyclic) bond motifs is 2. The molecule has 0 aliphatic rings. The Morgan fingerprint density at radius 2 is 1.45 bits per heavy atom. The first kappa shape index (κ1) is 20.4. The Morgan fingerprint density at radius 1 is 0.848 bits per heavy atom. The van der Waals surface area contributed by atoms with Crippen molar-refractivity contribution in [1.82, 2.24) is 23.7 Å². The highest BCUT2D eigenvalue weighted by atomic mass is 16.2. The minimum Gasteiger partial charge on any atom is -0.327 e. The Kier molecular flexibility index (Phi) is 5.32. The number of pyridine rings is 2. The molecule has 0 spiro atoms. The molecule has 0 aliphatic heterocycles. The fraction of sp³-hybridized carbons (Fsp3) is 0.120. The van der Waals surface area contributed by atoms with Gasteiger partial charge in [0.2, 0.25) is 5.91 Å². The molecule has 0 saturated carbocycles. The van der Waals surface area contributed by atoms with E-state index in [-0.39, 0.29) is 11.8 Å². The highest BCUT2D eigenvalue weighted by Gasteiger charge is 2.20. The van der Waals surface area contributed by atoms with Crippen LogP contribution in [-0.4, -0.2) is 35.5 Å². The molecule has 0 bridgehead atoms. The van der Waals surface area contributed by atoms with Gasteiger partial charge < -0.3 is 19.0 Å². The number of hydrogen-bond acceptors (Lipinski definition) is 4. The van der Waals surface area contributed by atoms with Crippen LogP contribution in [0.1, 0.15) is 28.7 Å². The van der Waals surface area contributed by atoms with Crippen molar-refractivity contribution in [2.24, 2.45) is 0 Å². The number of imidazole rings is 2. The molecule has 8 heteroatoms. The number of nitrogens with one attached hydrogen (secondary N) is 1. The number of hydrogen-bond donors (Lipinski definition) is 1. The molecule has 0 saturated heterocycles. The van der Waals surface area contributed by atoms with E-state index in [1.165, 1.54) is 6.92 Å². The van der Waals surface area contributed by atoms with Crippen LogP contribution in [0.4, 0.5) is 5.69 Å². The molecule has 0 atom stereocenters. The maximum absolute atomic E-state index is 13.7. The van der Waals surface area contributed by atoms with Gasteiger partial charge >= 0.3 is 0 Å². The summed E-state index contributed by atoms with van der Waals surface area (Å²) in [7, 11) is 0. The van der Waals surface area contributed by atoms with E-state index in [4.69, 9.17) is 0 Å². The van der Waals surface area contributed by atoms with Gasteiger partial charge in [0.1, 0.15) is 11.3 Å². The lowest BCUT2D eigenvalue weighted by Crippen LogP contribution is -2.31. The number of carbonyl (C=O) groups is 2. The number of rotatable bonds is 6. The van der Waals surface area contributed by atoms with Crippen LogP contribution in [0.15, 0.2) is 85.5 Å². The van der Waals surface area contributed by atoms with Crippen molar-refractivity contribution in [2.45, 2.75) is 20.0 Å². The van der Waals surface area contributed by atoms with Gasteiger partial charge in [-0.3, -0.25) is 9.59 Å². The van der Waals surface area contributed by atoms with Crippen LogP contribution in [-0.2, 0) is 17.9 Å². The number of anilines is 1. The lowest BCUT2D eigenvalue weighted by atomic mass is 10.1. The Hall–Kier alpha value is -4.46. The maximum Gasteiger partial charge on any atom is 0.254 e. The summed E-state index contributed by atoms with van der Waals surface area (Å²) < 4.78 is 3.95. The number of amides is 2. The molecule has 0 aliphatic carbocycles. The lowest BCUT2D eigenvalue weighted by Gasteiger charge is -2.23. The SMILES string of the molecule is CC(=O)Nc1cccc(C(=O)N(Cc2cnc3ccccn23)Cc2cnc3ccccn23)c1. The average Bonchev–Trinajstić information content (AvgIpc) is 3.42. The standard InChI is InChI=1S/C25H22N6O2/c1-18(32)28-20-8-6-7-19(13-20)25(33)29(16-21-14-26-23-9-2-4-11-30(21)23)17-22-15-27-24-10-3-5-12-31(22)24/h2-15H,16-17H2,1H3,(H,28,32). The van der Waals surface area contributed by atoms with Gasteiger partial charge in [-0.05, 0) is 42.5 Å². The minimum atomic E-state index is -0.187. The highest BCUT2D eigenvalue weighted by Crippen LogP contribution is 2.19. The van der Waals surface area contributed by atoms with Gasteiger partial charge in [-0.25, -0.2) is 9.97 Å².